The van der Waals surface area contributed by atoms with E-state index in [-0.39, 0.29) is 17.3 Å². The summed E-state index contributed by atoms with van der Waals surface area (Å²) in [6, 6.07) is 9.12. The molecule has 0 saturated heterocycles. The minimum Gasteiger partial charge on any atom is -0.392 e. The molecule has 2 aromatic rings. The normalized spacial score (nSPS) is 11.3. The predicted octanol–water partition coefficient (Wildman–Crippen LogP) is 3.92. The van der Waals surface area contributed by atoms with Gasteiger partial charge in [0.15, 0.2) is 0 Å². The van der Waals surface area contributed by atoms with Gasteiger partial charge in [0, 0.05) is 10.6 Å². The second-order valence-electron chi connectivity index (χ2n) is 4.51. The number of aliphatic hydroxyl groups excluding tert-OH is 1. The summed E-state index contributed by atoms with van der Waals surface area (Å²) in [5.74, 6) is 0. The van der Waals surface area contributed by atoms with E-state index in [1.165, 1.54) is 6.92 Å². The number of aliphatic hydroxyl groups is 1. The minimum atomic E-state index is -4.60. The summed E-state index contributed by atoms with van der Waals surface area (Å²) in [4.78, 5) is 4.69. The van der Waals surface area contributed by atoms with Crippen LogP contribution in [0.2, 0.25) is 0 Å². The van der Waals surface area contributed by atoms with Crippen molar-refractivity contribution in [2.45, 2.75) is 29.6 Å². The fraction of sp³-hybridized carbons (Fsp3) is 0.200. The van der Waals surface area contributed by atoms with Crippen molar-refractivity contribution < 1.29 is 18.3 Å². The largest absolute Gasteiger partial charge is 0.417 e. The molecule has 0 fully saturated rings. The van der Waals surface area contributed by atoms with Crippen LogP contribution in [0.4, 0.5) is 13.2 Å². The van der Waals surface area contributed by atoms with Gasteiger partial charge in [0.1, 0.15) is 11.1 Å². The van der Waals surface area contributed by atoms with E-state index in [1.54, 1.807) is 30.3 Å². The molecule has 0 aliphatic heterocycles. The number of hydrogen-bond donors (Lipinski definition) is 1. The summed E-state index contributed by atoms with van der Waals surface area (Å²) in [5.41, 5.74) is -0.565. The Kier molecular flexibility index (Phi) is 4.74. The average molecular weight is 324 g/mol. The quantitative estimate of drug-likeness (QED) is 0.929. The maximum atomic E-state index is 13.0. The molecule has 0 atom stereocenters. The molecular formula is C15H11F3N2OS. The molecule has 0 spiro atoms. The summed E-state index contributed by atoms with van der Waals surface area (Å²) in [5, 5.41) is 18.1. The topological polar surface area (TPSA) is 56.9 Å². The van der Waals surface area contributed by atoms with E-state index >= 15 is 0 Å². The number of rotatable bonds is 3. The van der Waals surface area contributed by atoms with Gasteiger partial charge in [-0.3, -0.25) is 0 Å². The fourth-order valence-electron chi connectivity index (χ4n) is 1.82. The van der Waals surface area contributed by atoms with Crippen LogP contribution in [0.15, 0.2) is 40.3 Å². The predicted molar refractivity (Wildman–Crippen MR) is 75.2 cm³/mol. The van der Waals surface area contributed by atoms with E-state index in [0.717, 1.165) is 17.8 Å². The molecule has 0 aliphatic rings. The van der Waals surface area contributed by atoms with Gasteiger partial charge in [-0.05, 0) is 30.7 Å². The number of aromatic nitrogens is 1. The molecule has 1 aromatic heterocycles. The molecule has 2 rings (SSSR count). The van der Waals surface area contributed by atoms with Crippen LogP contribution in [0, 0.1) is 18.3 Å². The van der Waals surface area contributed by atoms with E-state index in [2.05, 4.69) is 4.98 Å². The minimum absolute atomic E-state index is 0.0200. The smallest absolute Gasteiger partial charge is 0.392 e. The molecule has 114 valence electrons. The van der Waals surface area contributed by atoms with Crippen molar-refractivity contribution in [1.29, 1.82) is 5.26 Å². The molecule has 1 N–H and O–H groups in total. The van der Waals surface area contributed by atoms with Crippen LogP contribution in [0.3, 0.4) is 0 Å². The van der Waals surface area contributed by atoms with E-state index < -0.39 is 17.3 Å². The lowest BCUT2D eigenvalue weighted by Gasteiger charge is -2.12. The maximum Gasteiger partial charge on any atom is 0.417 e. The highest BCUT2D eigenvalue weighted by molar-refractivity contribution is 7.99. The van der Waals surface area contributed by atoms with Gasteiger partial charge in [-0.15, -0.1) is 0 Å². The van der Waals surface area contributed by atoms with Gasteiger partial charge in [0.2, 0.25) is 0 Å². The summed E-state index contributed by atoms with van der Waals surface area (Å²) in [6.45, 7) is 1.34. The Balaban J connectivity index is 2.46. The molecule has 0 bridgehead atoms. The Labute approximate surface area is 129 Å². The zero-order valence-electron chi connectivity index (χ0n) is 11.5. The fourth-order valence-corrected chi connectivity index (χ4v) is 2.77. The lowest BCUT2D eigenvalue weighted by atomic mass is 10.1. The molecule has 0 saturated carbocycles. The Morgan fingerprint density at radius 1 is 1.27 bits per heavy atom. The Bertz CT molecular complexity index is 721. The highest BCUT2D eigenvalue weighted by Gasteiger charge is 2.35. The van der Waals surface area contributed by atoms with Gasteiger partial charge in [-0.1, -0.05) is 23.9 Å². The van der Waals surface area contributed by atoms with Crippen LogP contribution in [-0.2, 0) is 12.8 Å². The van der Waals surface area contributed by atoms with Crippen LogP contribution < -0.4 is 0 Å². The molecule has 0 aliphatic carbocycles. The number of halogens is 3. The third-order valence-corrected chi connectivity index (χ3v) is 3.85. The summed E-state index contributed by atoms with van der Waals surface area (Å²) < 4.78 is 39.1. The monoisotopic (exact) mass is 324 g/mol. The Morgan fingerprint density at radius 3 is 2.41 bits per heavy atom. The van der Waals surface area contributed by atoms with Crippen LogP contribution >= 0.6 is 11.8 Å². The SMILES string of the molecule is Cc1cc(C(F)(F)F)c(C#N)c(Sc2ccc(CO)cc2)n1. The molecule has 7 heteroatoms. The molecule has 0 radical (unpaired) electrons. The lowest BCUT2D eigenvalue weighted by Crippen LogP contribution is -2.10. The summed E-state index contributed by atoms with van der Waals surface area (Å²) in [6.07, 6.45) is -4.60. The second-order valence-corrected chi connectivity index (χ2v) is 5.57. The first kappa shape index (κ1) is 16.3. The zero-order valence-corrected chi connectivity index (χ0v) is 12.3. The first-order valence-electron chi connectivity index (χ1n) is 6.21. The summed E-state index contributed by atoms with van der Waals surface area (Å²) >= 11 is 0.987. The number of alkyl halides is 3. The van der Waals surface area contributed by atoms with Gasteiger partial charge in [-0.25, -0.2) is 4.98 Å². The third kappa shape index (κ3) is 3.59. The summed E-state index contributed by atoms with van der Waals surface area (Å²) in [7, 11) is 0. The van der Waals surface area contributed by atoms with E-state index in [9.17, 15) is 13.2 Å². The molecular weight excluding hydrogens is 313 g/mol. The van der Waals surface area contributed by atoms with E-state index in [4.69, 9.17) is 10.4 Å². The Hall–Kier alpha value is -2.04. The van der Waals surface area contributed by atoms with Gasteiger partial charge < -0.3 is 5.11 Å². The standard InChI is InChI=1S/C15H11F3N2OS/c1-9-6-13(15(16,17)18)12(7-19)14(20-9)22-11-4-2-10(8-21)3-5-11/h2-6,21H,8H2,1H3. The van der Waals surface area contributed by atoms with Crippen molar-refractivity contribution in [3.8, 4) is 6.07 Å². The van der Waals surface area contributed by atoms with Crippen molar-refractivity contribution in [2.75, 3.05) is 0 Å². The van der Waals surface area contributed by atoms with Crippen LogP contribution in [0.5, 0.6) is 0 Å². The number of benzene rings is 1. The van der Waals surface area contributed by atoms with Gasteiger partial charge >= 0.3 is 6.18 Å². The van der Waals surface area contributed by atoms with Crippen molar-refractivity contribution in [1.82, 2.24) is 4.98 Å². The average Bonchev–Trinajstić information content (AvgIpc) is 2.46. The van der Waals surface area contributed by atoms with Crippen LogP contribution in [0.1, 0.15) is 22.4 Å². The van der Waals surface area contributed by atoms with Crippen molar-refractivity contribution in [3.05, 3.63) is 52.7 Å². The van der Waals surface area contributed by atoms with E-state index in [0.29, 0.717) is 10.5 Å². The highest BCUT2D eigenvalue weighted by atomic mass is 32.2. The first-order chi connectivity index (χ1) is 10.3. The van der Waals surface area contributed by atoms with Gasteiger partial charge in [-0.2, -0.15) is 18.4 Å². The molecule has 1 heterocycles. The molecule has 3 nitrogen and oxygen atoms in total. The number of nitriles is 1. The number of hydrogen-bond acceptors (Lipinski definition) is 4. The number of pyridine rings is 1. The van der Waals surface area contributed by atoms with Gasteiger partial charge in [0.05, 0.1) is 17.7 Å². The first-order valence-corrected chi connectivity index (χ1v) is 7.03. The third-order valence-electron chi connectivity index (χ3n) is 2.85. The molecule has 22 heavy (non-hydrogen) atoms. The highest BCUT2D eigenvalue weighted by Crippen LogP contribution is 2.37. The second kappa shape index (κ2) is 6.38. The van der Waals surface area contributed by atoms with Gasteiger partial charge in [0.25, 0.3) is 0 Å². The maximum absolute atomic E-state index is 13.0. The lowest BCUT2D eigenvalue weighted by molar-refractivity contribution is -0.138. The van der Waals surface area contributed by atoms with Crippen molar-refractivity contribution in [3.63, 3.8) is 0 Å². The Morgan fingerprint density at radius 2 is 1.91 bits per heavy atom. The number of aryl methyl sites for hydroxylation is 1. The van der Waals surface area contributed by atoms with Crippen LogP contribution in [-0.4, -0.2) is 10.1 Å². The van der Waals surface area contributed by atoms with Crippen molar-refractivity contribution >= 4 is 11.8 Å². The molecule has 0 amide bonds. The van der Waals surface area contributed by atoms with Crippen LogP contribution in [0.25, 0.3) is 0 Å². The zero-order chi connectivity index (χ0) is 16.3. The molecule has 1 aromatic carbocycles. The van der Waals surface area contributed by atoms with E-state index in [1.807, 2.05) is 0 Å². The van der Waals surface area contributed by atoms with Crippen molar-refractivity contribution in [2.24, 2.45) is 0 Å². The number of nitrogens with zero attached hydrogens (tertiary/aromatic N) is 2. The molecule has 0 unspecified atom stereocenters.